The molecule has 1 atom stereocenters. The molecule has 0 spiro atoms. The first kappa shape index (κ1) is 22.4. The van der Waals surface area contributed by atoms with E-state index in [9.17, 15) is 14.4 Å². The van der Waals surface area contributed by atoms with E-state index >= 15 is 0 Å². The zero-order valence-electron chi connectivity index (χ0n) is 17.9. The first-order valence-corrected chi connectivity index (χ1v) is 10.1. The van der Waals surface area contributed by atoms with Gasteiger partial charge in [-0.05, 0) is 31.2 Å². The van der Waals surface area contributed by atoms with Crippen molar-refractivity contribution >= 4 is 11.8 Å². The van der Waals surface area contributed by atoms with E-state index in [0.717, 1.165) is 5.56 Å². The number of aromatic nitrogens is 1. The molecule has 29 heavy (non-hydrogen) atoms. The van der Waals surface area contributed by atoms with Crippen LogP contribution in [0.1, 0.15) is 66.8 Å². The minimum Gasteiger partial charge on any atom is -0.352 e. The second-order valence-corrected chi connectivity index (χ2v) is 8.16. The van der Waals surface area contributed by atoms with Gasteiger partial charge in [-0.3, -0.25) is 14.4 Å². The highest BCUT2D eigenvalue weighted by atomic mass is 16.2. The molecule has 156 valence electrons. The van der Waals surface area contributed by atoms with Crippen molar-refractivity contribution in [3.05, 3.63) is 69.6 Å². The molecule has 0 fully saturated rings. The minimum atomic E-state index is -0.548. The number of rotatable bonds is 8. The summed E-state index contributed by atoms with van der Waals surface area (Å²) >= 11 is 0. The lowest BCUT2D eigenvalue weighted by Crippen LogP contribution is -2.38. The Hall–Kier alpha value is -2.89. The zero-order chi connectivity index (χ0) is 21.6. The van der Waals surface area contributed by atoms with E-state index in [2.05, 4.69) is 10.6 Å². The first-order valence-electron chi connectivity index (χ1n) is 10.1. The Labute approximate surface area is 172 Å². The Morgan fingerprint density at radius 2 is 1.52 bits per heavy atom. The van der Waals surface area contributed by atoms with Crippen LogP contribution in [-0.4, -0.2) is 29.0 Å². The average molecular weight is 398 g/mol. The van der Waals surface area contributed by atoms with Crippen LogP contribution in [-0.2, 0) is 6.54 Å². The molecule has 2 rings (SSSR count). The van der Waals surface area contributed by atoms with Crippen LogP contribution >= 0.6 is 0 Å². The normalized spacial score (nSPS) is 12.1. The summed E-state index contributed by atoms with van der Waals surface area (Å²) < 4.78 is 1.75. The van der Waals surface area contributed by atoms with Gasteiger partial charge in [0.25, 0.3) is 11.8 Å². The number of nitrogens with zero attached hydrogens (tertiary/aromatic N) is 1. The summed E-state index contributed by atoms with van der Waals surface area (Å²) in [6, 6.07) is 9.75. The molecule has 1 heterocycles. The molecular weight excluding hydrogens is 366 g/mol. The lowest BCUT2D eigenvalue weighted by molar-refractivity contribution is 0.0941. The van der Waals surface area contributed by atoms with Crippen LogP contribution in [0, 0.1) is 5.92 Å². The lowest BCUT2D eigenvalue weighted by atomic mass is 10.0. The summed E-state index contributed by atoms with van der Waals surface area (Å²) in [6.45, 7) is 10.7. The highest BCUT2D eigenvalue weighted by Gasteiger charge is 2.20. The molecule has 0 radical (unpaired) electrons. The van der Waals surface area contributed by atoms with Crippen molar-refractivity contribution in [1.29, 1.82) is 0 Å². The van der Waals surface area contributed by atoms with Gasteiger partial charge in [-0.1, -0.05) is 51.1 Å². The van der Waals surface area contributed by atoms with Gasteiger partial charge in [0.05, 0.1) is 0 Å². The van der Waals surface area contributed by atoms with E-state index in [4.69, 9.17) is 0 Å². The van der Waals surface area contributed by atoms with Crippen molar-refractivity contribution in [2.75, 3.05) is 6.54 Å². The maximum Gasteiger partial charge on any atom is 0.256 e. The fourth-order valence-corrected chi connectivity index (χ4v) is 3.06. The fraction of sp³-hybridized carbons (Fsp3) is 0.435. The second kappa shape index (κ2) is 10.0. The Bertz CT molecular complexity index is 901. The molecule has 0 aliphatic heterocycles. The molecule has 0 saturated heterocycles. The van der Waals surface area contributed by atoms with Gasteiger partial charge in [-0.25, -0.2) is 0 Å². The maximum atomic E-state index is 12.9. The van der Waals surface area contributed by atoms with Crippen LogP contribution in [0.2, 0.25) is 0 Å². The fourth-order valence-electron chi connectivity index (χ4n) is 3.06. The van der Waals surface area contributed by atoms with Crippen LogP contribution in [0.5, 0.6) is 0 Å². The van der Waals surface area contributed by atoms with Gasteiger partial charge in [0.15, 0.2) is 0 Å². The van der Waals surface area contributed by atoms with Crippen LogP contribution in [0.3, 0.4) is 0 Å². The summed E-state index contributed by atoms with van der Waals surface area (Å²) in [5.74, 6) is -0.526. The number of carbonyl (C=O) groups excluding carboxylic acids is 2. The average Bonchev–Trinajstić information content (AvgIpc) is 2.66. The van der Waals surface area contributed by atoms with E-state index in [-0.39, 0.29) is 23.1 Å². The van der Waals surface area contributed by atoms with E-state index in [1.807, 2.05) is 65.0 Å². The maximum absolute atomic E-state index is 12.9. The second-order valence-electron chi connectivity index (χ2n) is 8.16. The summed E-state index contributed by atoms with van der Waals surface area (Å²) in [7, 11) is 0. The number of hydrogen-bond donors (Lipinski definition) is 2. The van der Waals surface area contributed by atoms with E-state index in [1.54, 1.807) is 4.57 Å². The van der Waals surface area contributed by atoms with Crippen molar-refractivity contribution in [2.45, 2.75) is 53.1 Å². The van der Waals surface area contributed by atoms with Crippen molar-refractivity contribution in [3.63, 3.8) is 0 Å². The van der Waals surface area contributed by atoms with E-state index in [0.29, 0.717) is 19.0 Å². The Morgan fingerprint density at radius 1 is 0.931 bits per heavy atom. The minimum absolute atomic E-state index is 0.0110. The quantitative estimate of drug-likeness (QED) is 0.718. The molecule has 0 aliphatic carbocycles. The van der Waals surface area contributed by atoms with Gasteiger partial charge in [0.1, 0.15) is 11.1 Å². The molecule has 6 nitrogen and oxygen atoms in total. The highest BCUT2D eigenvalue weighted by Crippen LogP contribution is 2.13. The molecule has 0 saturated carbocycles. The smallest absolute Gasteiger partial charge is 0.256 e. The van der Waals surface area contributed by atoms with Crippen molar-refractivity contribution < 1.29 is 9.59 Å². The van der Waals surface area contributed by atoms with Crippen molar-refractivity contribution in [1.82, 2.24) is 15.2 Å². The number of amides is 2. The summed E-state index contributed by atoms with van der Waals surface area (Å²) in [5.41, 5.74) is 0.536. The summed E-state index contributed by atoms with van der Waals surface area (Å²) in [5, 5.41) is 5.58. The zero-order valence-corrected chi connectivity index (χ0v) is 17.9. The number of nitrogens with one attached hydrogen (secondary N) is 2. The van der Waals surface area contributed by atoms with Crippen LogP contribution in [0.4, 0.5) is 0 Å². The Morgan fingerprint density at radius 3 is 2.07 bits per heavy atom. The van der Waals surface area contributed by atoms with Crippen molar-refractivity contribution in [3.8, 4) is 0 Å². The highest BCUT2D eigenvalue weighted by molar-refractivity contribution is 5.99. The SMILES string of the molecule is CC(C)Cn1cc(C(=O)NC[C@H](C)c2ccccc2)c(=O)c(C(=O)NC(C)C)c1. The molecule has 0 bridgehead atoms. The predicted molar refractivity (Wildman–Crippen MR) is 115 cm³/mol. The molecule has 0 aliphatic rings. The number of benzene rings is 1. The Balaban J connectivity index is 2.28. The molecule has 2 N–H and O–H groups in total. The summed E-state index contributed by atoms with van der Waals surface area (Å²) in [6.07, 6.45) is 3.07. The third-order valence-electron chi connectivity index (χ3n) is 4.50. The van der Waals surface area contributed by atoms with Gasteiger partial charge in [0.2, 0.25) is 5.43 Å². The number of hydrogen-bond acceptors (Lipinski definition) is 3. The molecular formula is C23H31N3O3. The van der Waals surface area contributed by atoms with Crippen LogP contribution in [0.25, 0.3) is 0 Å². The van der Waals surface area contributed by atoms with Crippen LogP contribution < -0.4 is 16.1 Å². The monoisotopic (exact) mass is 397 g/mol. The lowest BCUT2D eigenvalue weighted by Gasteiger charge is -2.16. The number of pyridine rings is 1. The van der Waals surface area contributed by atoms with Gasteiger partial charge >= 0.3 is 0 Å². The molecule has 6 heteroatoms. The van der Waals surface area contributed by atoms with E-state index in [1.165, 1.54) is 12.4 Å². The molecule has 0 unspecified atom stereocenters. The molecule has 1 aromatic heterocycles. The van der Waals surface area contributed by atoms with Gasteiger partial charge in [-0.15, -0.1) is 0 Å². The largest absolute Gasteiger partial charge is 0.352 e. The first-order chi connectivity index (χ1) is 13.7. The third-order valence-corrected chi connectivity index (χ3v) is 4.50. The molecule has 2 amide bonds. The van der Waals surface area contributed by atoms with Gasteiger partial charge < -0.3 is 15.2 Å². The van der Waals surface area contributed by atoms with Crippen molar-refractivity contribution in [2.24, 2.45) is 5.92 Å². The molecule has 1 aromatic carbocycles. The van der Waals surface area contributed by atoms with Gasteiger partial charge in [0, 0.05) is 31.5 Å². The standard InChI is InChI=1S/C23H31N3O3/c1-15(2)12-26-13-19(21(27)20(14-26)23(29)25-16(3)4)22(28)24-11-17(5)18-9-7-6-8-10-18/h6-10,13-17H,11-12H2,1-5H3,(H,24,28)(H,25,29)/t17-/m0/s1. The number of carbonyl (C=O) groups is 2. The van der Waals surface area contributed by atoms with E-state index < -0.39 is 17.2 Å². The van der Waals surface area contributed by atoms with Gasteiger partial charge in [-0.2, -0.15) is 0 Å². The topological polar surface area (TPSA) is 80.2 Å². The molecule has 2 aromatic rings. The Kier molecular flexibility index (Phi) is 7.76. The predicted octanol–water partition coefficient (Wildman–Crippen LogP) is 3.18. The third kappa shape index (κ3) is 6.31. The van der Waals surface area contributed by atoms with Crippen LogP contribution in [0.15, 0.2) is 47.5 Å². The summed E-state index contributed by atoms with van der Waals surface area (Å²) in [4.78, 5) is 38.1.